The van der Waals surface area contributed by atoms with E-state index in [2.05, 4.69) is 0 Å². The number of likely N-dealkylation sites (tertiary alicyclic amines) is 1. The lowest BCUT2D eigenvalue weighted by molar-refractivity contribution is -0.145. The Morgan fingerprint density at radius 3 is 2.47 bits per heavy atom. The Morgan fingerprint density at radius 2 is 2.07 bits per heavy atom. The molecule has 2 atom stereocenters. The molecule has 1 saturated heterocycles. The van der Waals surface area contributed by atoms with E-state index >= 15 is 0 Å². The predicted molar refractivity (Wildman–Crippen MR) is 49.4 cm³/mol. The summed E-state index contributed by atoms with van der Waals surface area (Å²) in [6.07, 6.45) is -0.476. The normalized spacial score (nSPS) is 26.5. The Kier molecular flexibility index (Phi) is 3.08. The molecule has 0 radical (unpaired) electrons. The number of carbonyl (C=O) groups is 2. The standard InChI is InChI=1S/C9H14F2N2O2/c1-5(12)8(15)13-4-3-9(10,11)7(13)6(2)14/h5,7H,3-4,12H2,1-2H3. The molecule has 1 aliphatic heterocycles. The van der Waals surface area contributed by atoms with Gasteiger partial charge in [0.15, 0.2) is 11.8 Å². The molecule has 0 aromatic rings. The van der Waals surface area contributed by atoms with Crippen LogP contribution in [0.25, 0.3) is 0 Å². The van der Waals surface area contributed by atoms with Crippen molar-refractivity contribution in [1.29, 1.82) is 0 Å². The molecule has 0 aromatic carbocycles. The topological polar surface area (TPSA) is 63.4 Å². The molecule has 1 aliphatic rings. The van der Waals surface area contributed by atoms with Crippen LogP contribution in [0.4, 0.5) is 8.78 Å². The molecule has 1 amide bonds. The van der Waals surface area contributed by atoms with Crippen LogP contribution in [-0.4, -0.2) is 41.1 Å². The second-order valence-electron chi connectivity index (χ2n) is 3.84. The highest BCUT2D eigenvalue weighted by molar-refractivity contribution is 5.90. The number of hydrogen-bond donors (Lipinski definition) is 1. The van der Waals surface area contributed by atoms with E-state index in [9.17, 15) is 18.4 Å². The zero-order valence-electron chi connectivity index (χ0n) is 8.67. The third kappa shape index (κ3) is 2.14. The number of halogens is 2. The van der Waals surface area contributed by atoms with E-state index in [-0.39, 0.29) is 6.54 Å². The van der Waals surface area contributed by atoms with Gasteiger partial charge in [-0.15, -0.1) is 0 Å². The average Bonchev–Trinajstić information content (AvgIpc) is 2.39. The van der Waals surface area contributed by atoms with Gasteiger partial charge in [-0.25, -0.2) is 8.78 Å². The fourth-order valence-electron chi connectivity index (χ4n) is 1.78. The fraction of sp³-hybridized carbons (Fsp3) is 0.778. The smallest absolute Gasteiger partial charge is 0.276 e. The lowest BCUT2D eigenvalue weighted by Gasteiger charge is -2.26. The molecule has 15 heavy (non-hydrogen) atoms. The Labute approximate surface area is 86.4 Å². The molecule has 4 nitrogen and oxygen atoms in total. The minimum absolute atomic E-state index is 0.113. The second-order valence-corrected chi connectivity index (χ2v) is 3.84. The van der Waals surface area contributed by atoms with Crippen molar-refractivity contribution in [1.82, 2.24) is 4.90 Å². The number of amides is 1. The molecule has 1 rings (SSSR count). The molecule has 2 unspecified atom stereocenters. The lowest BCUT2D eigenvalue weighted by atomic mass is 10.1. The second kappa shape index (κ2) is 3.84. The summed E-state index contributed by atoms with van der Waals surface area (Å²) in [5.41, 5.74) is 5.32. The number of nitrogens with two attached hydrogens (primary N) is 1. The van der Waals surface area contributed by atoms with Gasteiger partial charge in [0.1, 0.15) is 0 Å². The Bertz CT molecular complexity index is 292. The largest absolute Gasteiger partial charge is 0.325 e. The molecule has 0 bridgehead atoms. The minimum atomic E-state index is -3.13. The number of carbonyl (C=O) groups excluding carboxylic acids is 2. The van der Waals surface area contributed by atoms with E-state index in [1.807, 2.05) is 0 Å². The molecule has 0 spiro atoms. The summed E-state index contributed by atoms with van der Waals surface area (Å²) in [5, 5.41) is 0. The highest BCUT2D eigenvalue weighted by Gasteiger charge is 2.53. The van der Waals surface area contributed by atoms with Gasteiger partial charge in [0.2, 0.25) is 5.91 Å². The van der Waals surface area contributed by atoms with Crippen LogP contribution in [0.1, 0.15) is 20.3 Å². The van der Waals surface area contributed by atoms with E-state index in [1.54, 1.807) is 0 Å². The molecule has 1 fully saturated rings. The van der Waals surface area contributed by atoms with E-state index in [0.29, 0.717) is 0 Å². The van der Waals surface area contributed by atoms with E-state index in [4.69, 9.17) is 5.73 Å². The first-order valence-corrected chi connectivity index (χ1v) is 4.71. The van der Waals surface area contributed by atoms with Gasteiger partial charge >= 0.3 is 0 Å². The highest BCUT2D eigenvalue weighted by Crippen LogP contribution is 2.34. The molecular weight excluding hydrogens is 206 g/mol. The molecule has 1 heterocycles. The minimum Gasteiger partial charge on any atom is -0.325 e. The summed E-state index contributed by atoms with van der Waals surface area (Å²) >= 11 is 0. The van der Waals surface area contributed by atoms with Crippen molar-refractivity contribution < 1.29 is 18.4 Å². The summed E-state index contributed by atoms with van der Waals surface area (Å²) < 4.78 is 26.6. The van der Waals surface area contributed by atoms with Crippen LogP contribution in [0.2, 0.25) is 0 Å². The van der Waals surface area contributed by atoms with E-state index in [1.165, 1.54) is 6.92 Å². The van der Waals surface area contributed by atoms with Crippen LogP contribution in [0.15, 0.2) is 0 Å². The van der Waals surface area contributed by atoms with Crippen molar-refractivity contribution in [2.24, 2.45) is 5.73 Å². The molecule has 86 valence electrons. The van der Waals surface area contributed by atoms with Crippen LogP contribution >= 0.6 is 0 Å². The maximum absolute atomic E-state index is 13.3. The Balaban J connectivity index is 2.93. The zero-order valence-corrected chi connectivity index (χ0v) is 8.67. The number of ketones is 1. The molecule has 6 heteroatoms. The van der Waals surface area contributed by atoms with Crippen molar-refractivity contribution in [2.45, 2.75) is 38.3 Å². The molecular formula is C9H14F2N2O2. The SMILES string of the molecule is CC(=O)C1N(C(=O)C(C)N)CCC1(F)F. The van der Waals surface area contributed by atoms with Gasteiger partial charge in [-0.1, -0.05) is 0 Å². The number of nitrogens with zero attached hydrogens (tertiary/aromatic N) is 1. The van der Waals surface area contributed by atoms with Crippen molar-refractivity contribution in [3.63, 3.8) is 0 Å². The maximum Gasteiger partial charge on any atom is 0.276 e. The van der Waals surface area contributed by atoms with Crippen molar-refractivity contribution in [2.75, 3.05) is 6.54 Å². The van der Waals surface area contributed by atoms with Gasteiger partial charge in [-0.05, 0) is 13.8 Å². The third-order valence-electron chi connectivity index (χ3n) is 2.46. The monoisotopic (exact) mass is 220 g/mol. The number of rotatable bonds is 2. The highest BCUT2D eigenvalue weighted by atomic mass is 19.3. The first-order valence-electron chi connectivity index (χ1n) is 4.71. The van der Waals surface area contributed by atoms with Gasteiger partial charge in [-0.2, -0.15) is 0 Å². The average molecular weight is 220 g/mol. The zero-order chi connectivity index (χ0) is 11.8. The lowest BCUT2D eigenvalue weighted by Crippen LogP contribution is -2.51. The molecule has 0 aromatic heterocycles. The molecule has 2 N–H and O–H groups in total. The third-order valence-corrected chi connectivity index (χ3v) is 2.46. The number of alkyl halides is 2. The maximum atomic E-state index is 13.3. The summed E-state index contributed by atoms with van der Waals surface area (Å²) in [5.74, 6) is -4.44. The van der Waals surface area contributed by atoms with E-state index in [0.717, 1.165) is 11.8 Å². The molecule has 0 saturated carbocycles. The first-order chi connectivity index (χ1) is 6.77. The summed E-state index contributed by atoms with van der Waals surface area (Å²) in [6.45, 7) is 2.36. The van der Waals surface area contributed by atoms with Gasteiger partial charge in [-0.3, -0.25) is 9.59 Å². The van der Waals surface area contributed by atoms with Crippen LogP contribution in [0.3, 0.4) is 0 Å². The van der Waals surface area contributed by atoms with Gasteiger partial charge < -0.3 is 10.6 Å². The molecule has 0 aliphatic carbocycles. The van der Waals surface area contributed by atoms with Crippen LogP contribution in [-0.2, 0) is 9.59 Å². The Hall–Kier alpha value is -1.04. The van der Waals surface area contributed by atoms with Crippen molar-refractivity contribution in [3.05, 3.63) is 0 Å². The van der Waals surface area contributed by atoms with Gasteiger partial charge in [0.25, 0.3) is 5.92 Å². The van der Waals surface area contributed by atoms with Gasteiger partial charge in [0.05, 0.1) is 6.04 Å². The number of Topliss-reactive ketones (excluding diaryl/α,β-unsaturated/α-hetero) is 1. The fourth-order valence-corrected chi connectivity index (χ4v) is 1.78. The van der Waals surface area contributed by atoms with Crippen molar-refractivity contribution in [3.8, 4) is 0 Å². The first kappa shape index (κ1) is 12.0. The summed E-state index contributed by atoms with van der Waals surface area (Å²) in [4.78, 5) is 23.4. The van der Waals surface area contributed by atoms with Crippen LogP contribution in [0, 0.1) is 0 Å². The summed E-state index contributed by atoms with van der Waals surface area (Å²) in [6, 6.07) is -2.50. The predicted octanol–water partition coefficient (Wildman–Crippen LogP) is 0.159. The van der Waals surface area contributed by atoms with E-state index < -0.39 is 36.1 Å². The van der Waals surface area contributed by atoms with Crippen molar-refractivity contribution >= 4 is 11.7 Å². The quantitative estimate of drug-likeness (QED) is 0.721. The number of hydrogen-bond acceptors (Lipinski definition) is 3. The van der Waals surface area contributed by atoms with Gasteiger partial charge in [0, 0.05) is 13.0 Å². The van der Waals surface area contributed by atoms with Crippen LogP contribution in [0.5, 0.6) is 0 Å². The Morgan fingerprint density at radius 1 is 1.53 bits per heavy atom. The summed E-state index contributed by atoms with van der Waals surface area (Å²) in [7, 11) is 0. The van der Waals surface area contributed by atoms with Crippen LogP contribution < -0.4 is 5.73 Å².